The van der Waals surface area contributed by atoms with E-state index >= 15 is 0 Å². The fraction of sp³-hybridized carbons (Fsp3) is 0.565. The molecule has 1 aliphatic heterocycles. The second-order valence-corrected chi connectivity index (χ2v) is 19.2. The number of ether oxygens (including phenoxy) is 2. The Hall–Kier alpha value is -5.57. The normalized spacial score (nSPS) is 17.9. The van der Waals surface area contributed by atoms with E-state index in [-0.39, 0.29) is 83.9 Å². The molecule has 0 radical (unpaired) electrons. The van der Waals surface area contributed by atoms with E-state index in [0.29, 0.717) is 22.3 Å². The van der Waals surface area contributed by atoms with Crippen LogP contribution in [0.3, 0.4) is 0 Å². The van der Waals surface area contributed by atoms with E-state index in [2.05, 4.69) is 40.6 Å². The van der Waals surface area contributed by atoms with Crippen LogP contribution in [0.4, 0.5) is 52.7 Å². The van der Waals surface area contributed by atoms with Gasteiger partial charge >= 0.3 is 19.5 Å². The Kier molecular flexibility index (Phi) is 18.3. The van der Waals surface area contributed by atoms with Crippen molar-refractivity contribution in [2.24, 2.45) is 0 Å². The average molecular weight is 1090 g/mol. The molecule has 0 unspecified atom stereocenters. The molecule has 0 spiro atoms. The number of rotatable bonds is 8. The van der Waals surface area contributed by atoms with Crippen LogP contribution in [0.5, 0.6) is 11.8 Å². The zero-order chi connectivity index (χ0) is 51.8. The molecule has 6 aromatic rings. The first-order chi connectivity index (χ1) is 32.1. The second kappa shape index (κ2) is 21.6. The van der Waals surface area contributed by atoms with Gasteiger partial charge in [-0.3, -0.25) is 0 Å². The molecule has 0 aromatic carbocycles. The highest BCUT2D eigenvalue weighted by Gasteiger charge is 2.54. The first kappa shape index (κ1) is 62.7. The van der Waals surface area contributed by atoms with Crippen LogP contribution < -0.4 is 14.9 Å². The number of nitrogens with zero attached hydrogens (tertiary/aromatic N) is 10. The summed E-state index contributed by atoms with van der Waals surface area (Å²) in [4.78, 5) is 7.31. The molecular formula is C46H58BClF12N10O4. The molecule has 28 heteroatoms. The molecule has 2 saturated carbocycles. The second-order valence-electron chi connectivity index (χ2n) is 18.8. The lowest BCUT2D eigenvalue weighted by Gasteiger charge is -2.33. The smallest absolute Gasteiger partial charge is 0.460 e. The fourth-order valence-corrected chi connectivity index (χ4v) is 6.94. The highest BCUT2D eigenvalue weighted by atomic mass is 35.5. The van der Waals surface area contributed by atoms with E-state index < -0.39 is 83.0 Å². The van der Waals surface area contributed by atoms with Gasteiger partial charge in [0.05, 0.1) is 16.9 Å². The zero-order valence-electron chi connectivity index (χ0n) is 38.2. The van der Waals surface area contributed by atoms with Gasteiger partial charge in [-0.05, 0) is 91.8 Å². The summed E-state index contributed by atoms with van der Waals surface area (Å²) in [6.45, 7) is 10.5. The van der Waals surface area contributed by atoms with E-state index in [1.165, 1.54) is 27.4 Å². The van der Waals surface area contributed by atoms with Crippen molar-refractivity contribution in [3.05, 3.63) is 77.2 Å². The lowest BCUT2D eigenvalue weighted by atomic mass is 9.80. The van der Waals surface area contributed by atoms with Crippen molar-refractivity contribution in [1.82, 2.24) is 49.6 Å². The van der Waals surface area contributed by atoms with E-state index in [0.717, 1.165) is 46.0 Å². The summed E-state index contributed by atoms with van der Waals surface area (Å²) >= 11 is 5.73. The Morgan fingerprint density at radius 3 is 1.42 bits per heavy atom. The molecule has 3 aliphatic rings. The van der Waals surface area contributed by atoms with Crippen molar-refractivity contribution in [3.8, 4) is 23.0 Å². The van der Waals surface area contributed by atoms with Gasteiger partial charge in [-0.2, -0.15) is 45.6 Å². The van der Waals surface area contributed by atoms with Crippen molar-refractivity contribution < 1.29 is 71.5 Å². The van der Waals surface area contributed by atoms with Crippen LogP contribution in [0.1, 0.15) is 134 Å². The third kappa shape index (κ3) is 13.1. The third-order valence-corrected chi connectivity index (χ3v) is 12.2. The van der Waals surface area contributed by atoms with Gasteiger partial charge in [-0.25, -0.2) is 36.3 Å². The maximum absolute atomic E-state index is 14.4. The maximum atomic E-state index is 14.4. The van der Waals surface area contributed by atoms with Crippen LogP contribution in [-0.2, 0) is 9.31 Å². The molecule has 7 heterocycles. The molecular weight excluding hydrogens is 1030 g/mol. The van der Waals surface area contributed by atoms with Crippen molar-refractivity contribution in [2.45, 2.75) is 169 Å². The minimum absolute atomic E-state index is 0. The summed E-state index contributed by atoms with van der Waals surface area (Å²) in [7, 11) is -0.860. The van der Waals surface area contributed by atoms with Gasteiger partial charge in [-0.1, -0.05) is 41.3 Å². The van der Waals surface area contributed by atoms with Crippen LogP contribution in [0.25, 0.3) is 22.6 Å². The number of fused-ring (bicyclic) bond motifs is 2. The third-order valence-electron chi connectivity index (χ3n) is 12.0. The van der Waals surface area contributed by atoms with Gasteiger partial charge in [-0.15, -0.1) is 20.4 Å². The van der Waals surface area contributed by atoms with E-state index in [4.69, 9.17) is 30.4 Å². The Morgan fingerprint density at radius 1 is 0.608 bits per heavy atom. The quantitative estimate of drug-likeness (QED) is 0.105. The van der Waals surface area contributed by atoms with Crippen LogP contribution in [0.15, 0.2) is 48.8 Å². The van der Waals surface area contributed by atoms with Gasteiger partial charge in [0, 0.05) is 60.9 Å². The number of pyridine rings is 2. The zero-order valence-corrected chi connectivity index (χ0v) is 39.0. The van der Waals surface area contributed by atoms with Crippen LogP contribution in [0, 0.1) is 11.6 Å². The molecule has 0 N–H and O–H groups in total. The molecule has 0 amide bonds. The summed E-state index contributed by atoms with van der Waals surface area (Å²) in [5.74, 6) is -9.03. The summed E-state index contributed by atoms with van der Waals surface area (Å²) in [6.07, 6.45) is -8.20. The lowest BCUT2D eigenvalue weighted by molar-refractivity contribution is -0.236. The highest BCUT2D eigenvalue weighted by Crippen LogP contribution is 2.49. The molecule has 74 heavy (non-hydrogen) atoms. The Morgan fingerprint density at radius 2 is 1.01 bits per heavy atom. The van der Waals surface area contributed by atoms with Crippen molar-refractivity contribution in [3.63, 3.8) is 0 Å². The number of alkyl halides is 10. The topological polar surface area (TPSA) is 149 Å². The van der Waals surface area contributed by atoms with Crippen LogP contribution in [-0.4, -0.2) is 103 Å². The molecule has 6 aromatic heterocycles. The van der Waals surface area contributed by atoms with Gasteiger partial charge in [0.25, 0.3) is 11.8 Å². The van der Waals surface area contributed by atoms with Gasteiger partial charge < -0.3 is 18.8 Å². The minimum atomic E-state index is -4.73. The fourth-order valence-electron chi connectivity index (χ4n) is 6.80. The number of hydrogen-bond acceptors (Lipinski definition) is 12. The number of halogens is 13. The van der Waals surface area contributed by atoms with E-state index in [9.17, 15) is 52.7 Å². The van der Waals surface area contributed by atoms with Crippen molar-refractivity contribution >= 4 is 35.5 Å². The monoisotopic (exact) mass is 1090 g/mol. The van der Waals surface area contributed by atoms with Crippen LogP contribution in [0.2, 0.25) is 5.15 Å². The SMILES string of the molecule is C.C.C.C.CC(C)(Oc1ncc(-c2ccc3nnc(C4CC(F)(F)C4)n3n2)cc1F)C(F)(F)F.CC(C)(Oc1ncc(B2OC(C)(C)C(C)(C)O2)cc1F)C(F)(F)F.FC1(F)CC(c2nnc3ccc(Cl)nn23)C1. The summed E-state index contributed by atoms with van der Waals surface area (Å²) in [5, 5.41) is 24.1. The summed E-state index contributed by atoms with van der Waals surface area (Å²) < 4.78 is 181. The number of aromatic nitrogens is 10. The Labute approximate surface area is 425 Å². The first-order valence-electron chi connectivity index (χ1n) is 21.1. The Balaban J connectivity index is 0.000000296. The predicted molar refractivity (Wildman–Crippen MR) is 252 cm³/mol. The molecule has 2 aliphatic carbocycles. The highest BCUT2D eigenvalue weighted by molar-refractivity contribution is 6.62. The molecule has 0 bridgehead atoms. The van der Waals surface area contributed by atoms with Gasteiger partial charge in [0.2, 0.25) is 11.8 Å². The van der Waals surface area contributed by atoms with Crippen molar-refractivity contribution in [2.75, 3.05) is 0 Å². The molecule has 0 atom stereocenters. The summed E-state index contributed by atoms with van der Waals surface area (Å²) in [5.41, 5.74) is -4.97. The number of hydrogen-bond donors (Lipinski definition) is 0. The van der Waals surface area contributed by atoms with E-state index in [1.807, 2.05) is 27.7 Å². The van der Waals surface area contributed by atoms with Gasteiger partial charge in [0.1, 0.15) is 5.15 Å². The first-order valence-corrected chi connectivity index (χ1v) is 21.5. The molecule has 9 rings (SSSR count). The lowest BCUT2D eigenvalue weighted by Crippen LogP contribution is -2.45. The molecule has 14 nitrogen and oxygen atoms in total. The summed E-state index contributed by atoms with van der Waals surface area (Å²) in [6, 6.07) is 8.19. The average Bonchev–Trinajstić information content (AvgIpc) is 3.89. The molecule has 1 saturated heterocycles. The van der Waals surface area contributed by atoms with E-state index in [1.54, 1.807) is 12.1 Å². The molecule has 3 fully saturated rings. The largest absolute Gasteiger partial charge is 0.496 e. The van der Waals surface area contributed by atoms with Crippen LogP contribution >= 0.6 is 11.6 Å². The minimum Gasteiger partial charge on any atom is -0.460 e. The predicted octanol–water partition coefficient (Wildman–Crippen LogP) is 12.6. The maximum Gasteiger partial charge on any atom is 0.496 e. The standard InChI is InChI=1S/C18H15F6N5O.C15H20BF4NO3.C9H7ClF2N4.4CH4/c1-16(2,18(22,23)24)30-15-11(19)5-9(8-25-15)12-3-4-13-26-27-14(29(13)28-12)10-6-17(20,21)7-10;1-12(2)13(3,4)24-16(23-12)9-7-10(17)11(21-8-9)22-14(5,6)15(18,19)20;10-6-1-2-7-13-14-8(16(7)15-6)5-3-9(11,12)4-5;;;;/h3-5,8,10H,6-7H2,1-2H3;7-8H,1-6H3;1-2,5H,3-4H2;4*1H4. The van der Waals surface area contributed by atoms with Crippen molar-refractivity contribution in [1.29, 1.82) is 0 Å². The molecule has 410 valence electrons. The van der Waals surface area contributed by atoms with Gasteiger partial charge in [0.15, 0.2) is 45.8 Å². The Bertz CT molecular complexity index is 2870.